The minimum atomic E-state index is 1.16. The number of rotatable bonds is 10. The second-order valence-corrected chi connectivity index (χ2v) is 15.3. The first-order chi connectivity index (χ1) is 27.0. The molecular formula is C54H52N2. The Hall–Kier alpha value is -6.38. The highest BCUT2D eigenvalue weighted by Gasteiger charge is 2.17. The number of aryl methyl sites for hydroxylation is 8. The van der Waals surface area contributed by atoms with Crippen molar-refractivity contribution in [3.05, 3.63) is 212 Å². The first kappa shape index (κ1) is 37.9. The van der Waals surface area contributed by atoms with Gasteiger partial charge in [0.2, 0.25) is 0 Å². The van der Waals surface area contributed by atoms with Crippen molar-refractivity contribution >= 4 is 58.4 Å². The van der Waals surface area contributed by atoms with Crippen molar-refractivity contribution < 1.29 is 0 Å². The molecule has 0 fully saturated rings. The lowest BCUT2D eigenvalue weighted by atomic mass is 10.0. The van der Waals surface area contributed by atoms with E-state index in [0.717, 1.165) is 11.4 Å². The maximum Gasteiger partial charge on any atom is 0.0490 e. The first-order valence-electron chi connectivity index (χ1n) is 19.6. The van der Waals surface area contributed by atoms with E-state index in [1.54, 1.807) is 0 Å². The topological polar surface area (TPSA) is 6.48 Å². The molecule has 0 N–H and O–H groups in total. The monoisotopic (exact) mass is 728 g/mol. The Balaban J connectivity index is 1.08. The van der Waals surface area contributed by atoms with Crippen LogP contribution in [0.4, 0.5) is 34.1 Å². The second-order valence-electron chi connectivity index (χ2n) is 15.3. The molecule has 2 nitrogen and oxygen atoms in total. The zero-order chi connectivity index (χ0) is 39.3. The Morgan fingerprint density at radius 1 is 0.304 bits per heavy atom. The summed E-state index contributed by atoms with van der Waals surface area (Å²) in [6.07, 6.45) is 8.86. The molecule has 278 valence electrons. The largest absolute Gasteiger partial charge is 0.310 e. The van der Waals surface area contributed by atoms with Crippen LogP contribution in [0.2, 0.25) is 0 Å². The van der Waals surface area contributed by atoms with E-state index in [1.165, 1.54) is 89.5 Å². The summed E-state index contributed by atoms with van der Waals surface area (Å²) in [5, 5.41) is 0. The van der Waals surface area contributed by atoms with E-state index >= 15 is 0 Å². The van der Waals surface area contributed by atoms with Crippen LogP contribution in [-0.4, -0.2) is 0 Å². The SMILES string of the molecule is Cc1cccc(N(c2ccc(C=Cc3ccc(C=Cc4ccc(N(c5cccc(C)c5)c5ccc(C)cc5C)cc4C)cc3)c(C)c2)c2ccc(C)cc2C)c1. The van der Waals surface area contributed by atoms with Gasteiger partial charge in [0.15, 0.2) is 0 Å². The zero-order valence-electron chi connectivity index (χ0n) is 34.1. The van der Waals surface area contributed by atoms with E-state index < -0.39 is 0 Å². The highest BCUT2D eigenvalue weighted by molar-refractivity contribution is 5.83. The second kappa shape index (κ2) is 16.6. The van der Waals surface area contributed by atoms with Gasteiger partial charge < -0.3 is 9.80 Å². The summed E-state index contributed by atoms with van der Waals surface area (Å²) in [7, 11) is 0. The fraction of sp³-hybridized carbons (Fsp3) is 0.148. The Kier molecular flexibility index (Phi) is 11.2. The molecule has 0 unspecified atom stereocenters. The van der Waals surface area contributed by atoms with Crippen LogP contribution >= 0.6 is 0 Å². The average Bonchev–Trinajstić information content (AvgIpc) is 3.17. The quantitative estimate of drug-likeness (QED) is 0.129. The van der Waals surface area contributed by atoms with Crippen LogP contribution in [-0.2, 0) is 0 Å². The lowest BCUT2D eigenvalue weighted by Gasteiger charge is -2.28. The molecule has 0 spiro atoms. The van der Waals surface area contributed by atoms with Crippen LogP contribution in [0.1, 0.15) is 66.8 Å². The summed E-state index contributed by atoms with van der Waals surface area (Å²) in [5.41, 5.74) is 21.8. The van der Waals surface area contributed by atoms with Gasteiger partial charge >= 0.3 is 0 Å². The smallest absolute Gasteiger partial charge is 0.0490 e. The molecule has 0 aromatic heterocycles. The van der Waals surface area contributed by atoms with Crippen molar-refractivity contribution in [1.82, 2.24) is 0 Å². The van der Waals surface area contributed by atoms with E-state index in [4.69, 9.17) is 0 Å². The van der Waals surface area contributed by atoms with Crippen LogP contribution in [0, 0.1) is 55.4 Å². The van der Waals surface area contributed by atoms with Crippen LogP contribution in [0.15, 0.2) is 146 Å². The molecule has 0 saturated heterocycles. The van der Waals surface area contributed by atoms with Crippen LogP contribution in [0.5, 0.6) is 0 Å². The minimum Gasteiger partial charge on any atom is -0.310 e. The molecule has 2 heteroatoms. The van der Waals surface area contributed by atoms with Crippen LogP contribution in [0.25, 0.3) is 24.3 Å². The van der Waals surface area contributed by atoms with Crippen molar-refractivity contribution in [2.45, 2.75) is 55.4 Å². The van der Waals surface area contributed by atoms with Crippen LogP contribution < -0.4 is 9.80 Å². The Bertz CT molecular complexity index is 2390. The average molecular weight is 729 g/mol. The van der Waals surface area contributed by atoms with E-state index in [9.17, 15) is 0 Å². The van der Waals surface area contributed by atoms with Crippen molar-refractivity contribution in [3.63, 3.8) is 0 Å². The van der Waals surface area contributed by atoms with Gasteiger partial charge in [0.1, 0.15) is 0 Å². The Labute approximate surface area is 334 Å². The van der Waals surface area contributed by atoms with Crippen molar-refractivity contribution in [2.24, 2.45) is 0 Å². The van der Waals surface area contributed by atoms with Gasteiger partial charge in [0, 0.05) is 34.1 Å². The zero-order valence-corrected chi connectivity index (χ0v) is 34.1. The molecule has 0 atom stereocenters. The van der Waals surface area contributed by atoms with Gasteiger partial charge in [-0.1, -0.05) is 120 Å². The van der Waals surface area contributed by atoms with E-state index in [-0.39, 0.29) is 0 Å². The Morgan fingerprint density at radius 3 is 1.04 bits per heavy atom. The summed E-state index contributed by atoms with van der Waals surface area (Å²) in [4.78, 5) is 4.74. The first-order valence-corrected chi connectivity index (χ1v) is 19.6. The molecule has 0 saturated carbocycles. The molecule has 7 aromatic rings. The van der Waals surface area contributed by atoms with E-state index in [1.807, 2.05) is 0 Å². The third kappa shape index (κ3) is 8.61. The number of hydrogen-bond acceptors (Lipinski definition) is 2. The standard InChI is InChI=1S/C54H52N2/c1-37-11-9-13-49(33-37)55(53-29-15-39(3)31-43(53)7)51-27-25-47(41(5)35-51)23-21-45-17-19-46(20-18-45)22-24-48-26-28-52(36-42(48)6)56(50-14-10-12-38(2)34-50)54-30-16-40(4)32-44(54)8/h9-36H,1-8H3. The minimum absolute atomic E-state index is 1.16. The summed E-state index contributed by atoms with van der Waals surface area (Å²) in [6.45, 7) is 17.4. The number of hydrogen-bond donors (Lipinski definition) is 0. The van der Waals surface area contributed by atoms with E-state index in [2.05, 4.69) is 235 Å². The predicted molar refractivity (Wildman–Crippen MR) is 244 cm³/mol. The third-order valence-electron chi connectivity index (χ3n) is 10.6. The molecule has 0 bridgehead atoms. The summed E-state index contributed by atoms with van der Waals surface area (Å²) in [6, 6.07) is 53.2. The molecule has 0 heterocycles. The van der Waals surface area contributed by atoms with Gasteiger partial charge in [-0.15, -0.1) is 0 Å². The number of nitrogens with zero attached hydrogens (tertiary/aromatic N) is 2. The van der Waals surface area contributed by atoms with Gasteiger partial charge in [-0.25, -0.2) is 0 Å². The lowest BCUT2D eigenvalue weighted by molar-refractivity contribution is 1.22. The Morgan fingerprint density at radius 2 is 0.679 bits per heavy atom. The van der Waals surface area contributed by atoms with Gasteiger partial charge in [0.25, 0.3) is 0 Å². The molecule has 0 aliphatic carbocycles. The van der Waals surface area contributed by atoms with Gasteiger partial charge in [0.05, 0.1) is 0 Å². The maximum absolute atomic E-state index is 2.37. The highest BCUT2D eigenvalue weighted by Crippen LogP contribution is 2.39. The summed E-state index contributed by atoms with van der Waals surface area (Å²) >= 11 is 0. The molecular weight excluding hydrogens is 677 g/mol. The molecule has 56 heavy (non-hydrogen) atoms. The van der Waals surface area contributed by atoms with Crippen molar-refractivity contribution in [3.8, 4) is 0 Å². The highest BCUT2D eigenvalue weighted by atomic mass is 15.1. The molecule has 0 amide bonds. The number of anilines is 6. The molecule has 7 rings (SSSR count). The van der Waals surface area contributed by atoms with E-state index in [0.29, 0.717) is 0 Å². The molecule has 0 radical (unpaired) electrons. The summed E-state index contributed by atoms with van der Waals surface area (Å²) < 4.78 is 0. The lowest BCUT2D eigenvalue weighted by Crippen LogP contribution is -2.12. The van der Waals surface area contributed by atoms with Gasteiger partial charge in [-0.05, 0) is 172 Å². The fourth-order valence-corrected chi connectivity index (χ4v) is 7.56. The van der Waals surface area contributed by atoms with Crippen molar-refractivity contribution in [2.75, 3.05) is 9.80 Å². The molecule has 7 aromatic carbocycles. The fourth-order valence-electron chi connectivity index (χ4n) is 7.56. The van der Waals surface area contributed by atoms with Gasteiger partial charge in [-0.3, -0.25) is 0 Å². The van der Waals surface area contributed by atoms with Crippen LogP contribution in [0.3, 0.4) is 0 Å². The normalized spacial score (nSPS) is 11.4. The third-order valence-corrected chi connectivity index (χ3v) is 10.6. The molecule has 0 aliphatic heterocycles. The summed E-state index contributed by atoms with van der Waals surface area (Å²) in [5.74, 6) is 0. The van der Waals surface area contributed by atoms with Gasteiger partial charge in [-0.2, -0.15) is 0 Å². The number of benzene rings is 7. The maximum atomic E-state index is 2.37. The predicted octanol–water partition coefficient (Wildman–Crippen LogP) is 15.4. The van der Waals surface area contributed by atoms with Crippen molar-refractivity contribution in [1.29, 1.82) is 0 Å². The molecule has 0 aliphatic rings.